The molecule has 4 N–H and O–H groups in total. The molecule has 0 amide bonds. The van der Waals surface area contributed by atoms with E-state index in [-0.39, 0.29) is 6.04 Å². The average Bonchev–Trinajstić information content (AvgIpc) is 1.38. The fraction of sp³-hybridized carbons (Fsp3) is 0.0893. The maximum Gasteiger partial charge on any atom is 0.0737 e. The maximum absolute atomic E-state index is 7.03. The largest absolute Gasteiger partial charge is 0.378 e. The van der Waals surface area contributed by atoms with E-state index in [9.17, 15) is 0 Å². The van der Waals surface area contributed by atoms with Gasteiger partial charge in [-0.2, -0.15) is 0 Å². The number of benzene rings is 22. The van der Waals surface area contributed by atoms with Crippen molar-refractivity contribution in [2.75, 3.05) is 46.1 Å². The first-order chi connectivity index (χ1) is 59.7. The normalized spacial score (nSPS) is 19.2. The summed E-state index contributed by atoms with van der Waals surface area (Å²) in [4.78, 5) is 22.8. The second kappa shape index (κ2) is 15.6. The van der Waals surface area contributed by atoms with Gasteiger partial charge in [0.1, 0.15) is 0 Å². The fourth-order valence-corrected chi connectivity index (χ4v) is 33.2. The van der Waals surface area contributed by atoms with Gasteiger partial charge < -0.3 is 25.2 Å². The summed E-state index contributed by atoms with van der Waals surface area (Å²) >= 11 is 0. The van der Waals surface area contributed by atoms with E-state index in [2.05, 4.69) is 179 Å². The zero-order chi connectivity index (χ0) is 74.7. The molecule has 3 aromatic heterocycles. The Bertz CT molecular complexity index is 10600. The number of nitrogens with zero attached hydrogens (tertiary/aromatic N) is 3. The van der Waals surface area contributed by atoms with Crippen LogP contribution < -0.4 is 5.73 Å². The fourth-order valence-electron chi connectivity index (χ4n) is 33.2. The second-order valence-electron chi connectivity index (χ2n) is 38.6. The molecule has 3 aliphatic heterocycles. The van der Waals surface area contributed by atoms with Gasteiger partial charge in [-0.1, -0.05) is 115 Å². The highest BCUT2D eigenvalue weighted by atomic mass is 16.5. The minimum atomic E-state index is -0.588. The average molecular weight is 1510 g/mol. The number of rotatable bonds is 13. The Morgan fingerprint density at radius 3 is 0.783 bits per heavy atom. The first kappa shape index (κ1) is 54.6. The van der Waals surface area contributed by atoms with Crippen molar-refractivity contribution in [2.24, 2.45) is 5.73 Å². The van der Waals surface area contributed by atoms with E-state index in [1.165, 1.54) is 5.56 Å². The number of aromatic nitrogens is 4. The van der Waals surface area contributed by atoms with Crippen molar-refractivity contribution >= 4 is 337 Å². The van der Waals surface area contributed by atoms with Crippen LogP contribution in [0.25, 0.3) is 382 Å². The molecule has 4 aliphatic carbocycles. The van der Waals surface area contributed by atoms with Gasteiger partial charge in [-0.15, -0.1) is 0 Å². The third-order valence-corrected chi connectivity index (χ3v) is 35.4. The van der Waals surface area contributed by atoms with Crippen LogP contribution in [0.15, 0.2) is 140 Å². The number of aromatic amines is 2. The molecule has 1 fully saturated rings. The van der Waals surface area contributed by atoms with Crippen molar-refractivity contribution < 1.29 is 9.47 Å². The van der Waals surface area contributed by atoms with Gasteiger partial charge in [-0.3, -0.25) is 4.90 Å². The highest BCUT2D eigenvalue weighted by Crippen LogP contribution is 2.87. The highest BCUT2D eigenvalue weighted by molar-refractivity contribution is 6.82. The van der Waals surface area contributed by atoms with Crippen molar-refractivity contribution in [2.45, 2.75) is 16.9 Å². The molecule has 1 atom stereocenters. The predicted molar refractivity (Wildman–Crippen MR) is 499 cm³/mol. The van der Waals surface area contributed by atoms with Crippen molar-refractivity contribution in [3.63, 3.8) is 0 Å². The molecule has 42 rings (SSSR count). The predicted octanol–water partition coefficient (Wildman–Crippen LogP) is 27.0. The molecule has 32 aromatic carbocycles. The van der Waals surface area contributed by atoms with Gasteiger partial charge in [-0.25, -0.2) is 9.97 Å². The number of hydrogen-bond acceptors (Lipinski definition) is 6. The lowest BCUT2D eigenvalue weighted by molar-refractivity contribution is 0.0383. The number of hydrogen-bond donors (Lipinski definition) is 3. The van der Waals surface area contributed by atoms with Crippen LogP contribution in [0, 0.1) is 0 Å². The summed E-state index contributed by atoms with van der Waals surface area (Å²) in [6.45, 7) is 4.25. The van der Waals surface area contributed by atoms with Crippen LogP contribution in [0.4, 0.5) is 0 Å². The Morgan fingerprint density at radius 1 is 0.275 bits per heavy atom. The molecule has 7 aliphatic rings. The molecule has 35 aromatic rings. The lowest BCUT2D eigenvalue weighted by Crippen LogP contribution is -2.51. The smallest absolute Gasteiger partial charge is 0.0737 e. The topological polar surface area (TPSA) is 105 Å². The van der Waals surface area contributed by atoms with E-state index < -0.39 is 10.8 Å². The molecular weight excluding hydrogens is 1460 g/mol. The summed E-state index contributed by atoms with van der Waals surface area (Å²) < 4.78 is 13.2. The van der Waals surface area contributed by atoms with E-state index in [1.54, 1.807) is 313 Å². The number of ether oxygens (including phenoxy) is 2. The minimum Gasteiger partial charge on any atom is -0.378 e. The Morgan fingerprint density at radius 2 is 0.517 bits per heavy atom. The van der Waals surface area contributed by atoms with Crippen LogP contribution in [-0.2, 0) is 20.3 Å². The van der Waals surface area contributed by atoms with Crippen molar-refractivity contribution in [3.05, 3.63) is 190 Å². The molecule has 0 radical (unpaired) electrons. The molecule has 1 saturated heterocycles. The Labute approximate surface area is 670 Å². The lowest BCUT2D eigenvalue weighted by atomic mass is 9.47. The summed E-state index contributed by atoms with van der Waals surface area (Å²) in [5, 5.41) is 87.3. The third kappa shape index (κ3) is 4.30. The molecular formula is C112H46N6O2. The highest BCUT2D eigenvalue weighted by Gasteiger charge is 2.76. The zero-order valence-electron chi connectivity index (χ0n) is 63.4. The lowest BCUT2D eigenvalue weighted by Gasteiger charge is -2.52. The monoisotopic (exact) mass is 1510 g/mol. The molecule has 1 unspecified atom stereocenters. The Hall–Kier alpha value is -14.2. The number of nitrogens with one attached hydrogen (secondary N) is 2. The van der Waals surface area contributed by atoms with Crippen LogP contribution in [-0.4, -0.2) is 70.9 Å². The molecule has 120 heavy (non-hydrogen) atoms. The minimum absolute atomic E-state index is 0.125. The second-order valence-corrected chi connectivity index (χ2v) is 38.6. The van der Waals surface area contributed by atoms with Crippen LogP contribution in [0.5, 0.6) is 0 Å². The summed E-state index contributed by atoms with van der Waals surface area (Å²) in [7, 11) is 0. The van der Waals surface area contributed by atoms with Crippen molar-refractivity contribution in [1.29, 1.82) is 0 Å². The van der Waals surface area contributed by atoms with E-state index in [4.69, 9.17) is 25.2 Å². The molecule has 8 bridgehead atoms. The summed E-state index contributed by atoms with van der Waals surface area (Å²) in [5.41, 5.74) is 29.2. The van der Waals surface area contributed by atoms with Gasteiger partial charge in [0.15, 0.2) is 0 Å². The maximum atomic E-state index is 7.03. The standard InChI is InChI=1S/C112H46N6O2/c113-28-30-119-32-33-120-31-29-118-34-111-106-98-90-80-70-62-54-52-53-56-60-58(54)66-74-68(60)78-72-64(56)65-57(53)61-59-55(52)63(62)71-77-67(59)75-69(61)79-73(65)83-82(72)94-88(78)96-86(74)92(84(90)76(66)70)100(106)102(96)108-104(94)105-95(83)89(79)97-87(75)93-85(77)91(81(71)80)99(98)107(111)101(93)103(97)109(105)112(108,111)110(118)39-18-16-38(17-19-39)51-46-26-24-44(116-46)49(36-12-6-2-7-13-36)42-22-20-40(114-42)48(35-10-4-1-5-11-35)41-21-23-43(115-41)50(37-14-8-3-9-15-37)45-25-27-47(51)117-45/h1-27,110,114,117H,28-34,113H2. The summed E-state index contributed by atoms with van der Waals surface area (Å²) in [5.74, 6) is 0. The first-order valence-electron chi connectivity index (χ1n) is 43.5. The van der Waals surface area contributed by atoms with E-state index in [0.717, 1.165) is 102 Å². The van der Waals surface area contributed by atoms with Crippen molar-refractivity contribution in [3.8, 4) is 44.5 Å². The number of fused-ring (bicyclic) bond motifs is 8. The van der Waals surface area contributed by atoms with Crippen LogP contribution in [0.2, 0.25) is 0 Å². The summed E-state index contributed by atoms with van der Waals surface area (Å²) in [6, 6.07) is 51.7. The Balaban J connectivity index is 0.668. The van der Waals surface area contributed by atoms with Crippen LogP contribution in [0.3, 0.4) is 0 Å². The summed E-state index contributed by atoms with van der Waals surface area (Å²) in [6.07, 6.45) is 8.95. The van der Waals surface area contributed by atoms with Crippen LogP contribution >= 0.6 is 0 Å². The number of nitrogens with two attached hydrogens (primary N) is 1. The molecule has 536 valence electrons. The Kier molecular flexibility index (Phi) is 7.11. The van der Waals surface area contributed by atoms with Gasteiger partial charge in [0.2, 0.25) is 0 Å². The van der Waals surface area contributed by atoms with Crippen LogP contribution in [0.1, 0.15) is 56.6 Å². The van der Waals surface area contributed by atoms with Gasteiger partial charge in [0.05, 0.1) is 60.0 Å². The van der Waals surface area contributed by atoms with E-state index in [0.29, 0.717) is 33.0 Å². The van der Waals surface area contributed by atoms with Gasteiger partial charge in [0, 0.05) is 70.0 Å². The van der Waals surface area contributed by atoms with Crippen molar-refractivity contribution in [1.82, 2.24) is 24.8 Å². The number of likely N-dealkylation sites (tertiary alicyclic amines) is 1. The quantitative estimate of drug-likeness (QED) is 0.0785. The third-order valence-electron chi connectivity index (χ3n) is 35.4. The first-order valence-corrected chi connectivity index (χ1v) is 43.5. The van der Waals surface area contributed by atoms with E-state index >= 15 is 0 Å². The van der Waals surface area contributed by atoms with Gasteiger partial charge >= 0.3 is 0 Å². The SMILES string of the molecule is NCCOCCOCCN1CC23c4c5c6c7c8c9c(c%10c%11c2c2c4c4c%12c5c5c6c6c8c8c%13c9c9c%10c%10c%11c%11c2c2c4c4c%12c%12c5c5c6c8c6c8c%13c9c9c%10c%10c%11c2c2c4c4c%12c5c6c5c8c9c%10c2c45)C73C1c1ccc(-c2c3nc(c(-c4ccccc4)c4ccc([nH]4)c(-c4ccccc4)c4nc(c(-c5ccccc5)c5ccc2[nH]5)C=C4)C=C3)cc1. The molecule has 0 saturated carbocycles. The molecule has 8 heteroatoms. The van der Waals surface area contributed by atoms with Gasteiger partial charge in [0.25, 0.3) is 0 Å². The van der Waals surface area contributed by atoms with E-state index in [1.807, 2.05) is 0 Å². The number of H-pyrrole nitrogens is 2. The molecule has 8 nitrogen and oxygen atoms in total. The van der Waals surface area contributed by atoms with Gasteiger partial charge in [-0.05, 0) is 389 Å². The molecule has 6 heterocycles. The zero-order valence-corrected chi connectivity index (χ0v) is 63.4. The molecule has 2 spiro atoms.